The summed E-state index contributed by atoms with van der Waals surface area (Å²) >= 11 is 0. The zero-order valence-electron chi connectivity index (χ0n) is 7.60. The van der Waals surface area contributed by atoms with E-state index in [1.54, 1.807) is 7.11 Å². The average molecular weight is 209 g/mol. The molecule has 0 spiro atoms. The zero-order chi connectivity index (χ0) is 9.90. The molecule has 0 aromatic carbocycles. The van der Waals surface area contributed by atoms with Crippen LogP contribution in [-0.2, 0) is 19.3 Å². The Kier molecular flexibility index (Phi) is 3.66. The van der Waals surface area contributed by atoms with Crippen LogP contribution < -0.4 is 5.73 Å². The highest BCUT2D eigenvalue weighted by molar-refractivity contribution is 7.91. The Bertz CT molecular complexity index is 251. The maximum atomic E-state index is 11.1. The summed E-state index contributed by atoms with van der Waals surface area (Å²) in [6, 6.07) is -0.387. The maximum absolute atomic E-state index is 11.1. The van der Waals surface area contributed by atoms with Gasteiger partial charge in [0.1, 0.15) is 0 Å². The molecule has 5 nitrogen and oxygen atoms in total. The monoisotopic (exact) mass is 209 g/mol. The van der Waals surface area contributed by atoms with Crippen LogP contribution in [0.25, 0.3) is 0 Å². The largest absolute Gasteiger partial charge is 0.382 e. The molecule has 13 heavy (non-hydrogen) atoms. The predicted octanol–water partition coefficient (Wildman–Crippen LogP) is -1.23. The molecule has 0 amide bonds. The van der Waals surface area contributed by atoms with Crippen LogP contribution in [0.3, 0.4) is 0 Å². The van der Waals surface area contributed by atoms with Crippen LogP contribution >= 0.6 is 0 Å². The molecule has 1 saturated heterocycles. The van der Waals surface area contributed by atoms with Gasteiger partial charge in [0.25, 0.3) is 0 Å². The Morgan fingerprint density at radius 1 is 1.38 bits per heavy atom. The number of hydrogen-bond acceptors (Lipinski definition) is 5. The highest BCUT2D eigenvalue weighted by Gasteiger charge is 2.35. The van der Waals surface area contributed by atoms with Gasteiger partial charge in [0.15, 0.2) is 9.84 Å². The van der Waals surface area contributed by atoms with Gasteiger partial charge in [0, 0.05) is 13.2 Å². The Hall–Kier alpha value is -0.170. The summed E-state index contributed by atoms with van der Waals surface area (Å²) in [4.78, 5) is 0. The van der Waals surface area contributed by atoms with E-state index >= 15 is 0 Å². The Balaban J connectivity index is 2.36. The van der Waals surface area contributed by atoms with Gasteiger partial charge >= 0.3 is 0 Å². The SMILES string of the molecule is COCCOC1CS(=O)(=O)CC1N. The first-order chi connectivity index (χ1) is 6.05. The van der Waals surface area contributed by atoms with Gasteiger partial charge in [-0.1, -0.05) is 0 Å². The molecule has 0 saturated carbocycles. The Morgan fingerprint density at radius 2 is 2.08 bits per heavy atom. The quantitative estimate of drug-likeness (QED) is 0.587. The minimum Gasteiger partial charge on any atom is -0.382 e. The smallest absolute Gasteiger partial charge is 0.154 e. The third kappa shape index (κ3) is 3.22. The molecule has 2 N–H and O–H groups in total. The second-order valence-corrected chi connectivity index (χ2v) is 5.30. The van der Waals surface area contributed by atoms with Crippen LogP contribution in [0.2, 0.25) is 0 Å². The molecule has 1 aliphatic heterocycles. The van der Waals surface area contributed by atoms with Crippen LogP contribution in [-0.4, -0.2) is 52.4 Å². The van der Waals surface area contributed by atoms with Crippen molar-refractivity contribution < 1.29 is 17.9 Å². The number of hydrogen-bond donors (Lipinski definition) is 1. The van der Waals surface area contributed by atoms with Crippen molar-refractivity contribution in [3.05, 3.63) is 0 Å². The minimum atomic E-state index is -2.97. The van der Waals surface area contributed by atoms with Crippen molar-refractivity contribution in [3.8, 4) is 0 Å². The Labute approximate surface area is 78.1 Å². The van der Waals surface area contributed by atoms with Crippen molar-refractivity contribution in [2.75, 3.05) is 31.8 Å². The third-order valence-electron chi connectivity index (χ3n) is 1.96. The lowest BCUT2D eigenvalue weighted by molar-refractivity contribution is 0.0228. The van der Waals surface area contributed by atoms with Gasteiger partial charge in [-0.15, -0.1) is 0 Å². The molecular weight excluding hydrogens is 194 g/mol. The van der Waals surface area contributed by atoms with E-state index in [2.05, 4.69) is 0 Å². The van der Waals surface area contributed by atoms with Crippen LogP contribution in [0.15, 0.2) is 0 Å². The molecule has 78 valence electrons. The predicted molar refractivity (Wildman–Crippen MR) is 48.2 cm³/mol. The summed E-state index contributed by atoms with van der Waals surface area (Å²) in [5.41, 5.74) is 5.59. The lowest BCUT2D eigenvalue weighted by Gasteiger charge is -2.13. The Morgan fingerprint density at radius 3 is 2.54 bits per heavy atom. The lowest BCUT2D eigenvalue weighted by Crippen LogP contribution is -2.35. The number of ether oxygens (including phenoxy) is 2. The van der Waals surface area contributed by atoms with Crippen molar-refractivity contribution in [1.82, 2.24) is 0 Å². The van der Waals surface area contributed by atoms with Crippen LogP contribution in [0.4, 0.5) is 0 Å². The molecule has 2 atom stereocenters. The van der Waals surface area contributed by atoms with E-state index < -0.39 is 9.84 Å². The highest BCUT2D eigenvalue weighted by Crippen LogP contribution is 2.13. The van der Waals surface area contributed by atoms with E-state index in [-0.39, 0.29) is 23.7 Å². The van der Waals surface area contributed by atoms with Gasteiger partial charge in [-0.25, -0.2) is 8.42 Å². The molecule has 0 aromatic rings. The lowest BCUT2D eigenvalue weighted by atomic mass is 10.2. The number of sulfone groups is 1. The molecule has 0 aromatic heterocycles. The second kappa shape index (κ2) is 4.36. The van der Waals surface area contributed by atoms with E-state index in [1.165, 1.54) is 0 Å². The number of methoxy groups -OCH3 is 1. The van der Waals surface area contributed by atoms with E-state index in [0.717, 1.165) is 0 Å². The molecule has 1 aliphatic rings. The summed E-state index contributed by atoms with van der Waals surface area (Å²) in [7, 11) is -1.41. The van der Waals surface area contributed by atoms with Gasteiger partial charge in [-0.2, -0.15) is 0 Å². The minimum absolute atomic E-state index is 0.0324. The fourth-order valence-corrected chi connectivity index (χ4v) is 3.08. The van der Waals surface area contributed by atoms with E-state index in [4.69, 9.17) is 15.2 Å². The fraction of sp³-hybridized carbons (Fsp3) is 1.00. The van der Waals surface area contributed by atoms with Crippen LogP contribution in [0.1, 0.15) is 0 Å². The molecule has 6 heteroatoms. The van der Waals surface area contributed by atoms with Gasteiger partial charge in [-0.05, 0) is 0 Å². The molecule has 1 fully saturated rings. The molecule has 2 unspecified atom stereocenters. The second-order valence-electron chi connectivity index (χ2n) is 3.14. The van der Waals surface area contributed by atoms with Gasteiger partial charge in [-0.3, -0.25) is 0 Å². The highest BCUT2D eigenvalue weighted by atomic mass is 32.2. The van der Waals surface area contributed by atoms with E-state index in [9.17, 15) is 8.42 Å². The normalized spacial score (nSPS) is 32.2. The first kappa shape index (κ1) is 10.9. The number of nitrogens with two attached hydrogens (primary N) is 1. The summed E-state index contributed by atoms with van der Waals surface area (Å²) in [6.45, 7) is 0.855. The summed E-state index contributed by atoms with van der Waals surface area (Å²) in [6.07, 6.45) is -0.361. The molecule has 1 rings (SSSR count). The van der Waals surface area contributed by atoms with Crippen molar-refractivity contribution in [2.24, 2.45) is 5.73 Å². The average Bonchev–Trinajstić information content (AvgIpc) is 2.25. The maximum Gasteiger partial charge on any atom is 0.154 e. The standard InChI is InChI=1S/C7H15NO4S/c1-11-2-3-12-7-5-13(9,10)4-6(7)8/h6-7H,2-5,8H2,1H3. The zero-order valence-corrected chi connectivity index (χ0v) is 8.42. The third-order valence-corrected chi connectivity index (χ3v) is 3.69. The van der Waals surface area contributed by atoms with Crippen molar-refractivity contribution in [2.45, 2.75) is 12.1 Å². The molecular formula is C7H15NO4S. The first-order valence-electron chi connectivity index (χ1n) is 4.12. The van der Waals surface area contributed by atoms with Crippen molar-refractivity contribution >= 4 is 9.84 Å². The molecule has 1 heterocycles. The van der Waals surface area contributed by atoms with Crippen LogP contribution in [0.5, 0.6) is 0 Å². The summed E-state index contributed by atoms with van der Waals surface area (Å²) in [5, 5.41) is 0. The van der Waals surface area contributed by atoms with E-state index in [0.29, 0.717) is 13.2 Å². The molecule has 0 aliphatic carbocycles. The fourth-order valence-electron chi connectivity index (χ4n) is 1.30. The van der Waals surface area contributed by atoms with Crippen molar-refractivity contribution in [3.63, 3.8) is 0 Å². The van der Waals surface area contributed by atoms with Gasteiger partial charge in [0.05, 0.1) is 30.8 Å². The van der Waals surface area contributed by atoms with Crippen LogP contribution in [0, 0.1) is 0 Å². The molecule has 0 radical (unpaired) electrons. The number of rotatable bonds is 4. The summed E-state index contributed by atoms with van der Waals surface area (Å²) in [5.74, 6) is 0.0720. The molecule has 0 bridgehead atoms. The summed E-state index contributed by atoms with van der Waals surface area (Å²) < 4.78 is 32.2. The topological polar surface area (TPSA) is 78.6 Å². The first-order valence-corrected chi connectivity index (χ1v) is 5.94. The van der Waals surface area contributed by atoms with Crippen molar-refractivity contribution in [1.29, 1.82) is 0 Å². The van der Waals surface area contributed by atoms with Gasteiger partial charge in [0.2, 0.25) is 0 Å². The van der Waals surface area contributed by atoms with E-state index in [1.807, 2.05) is 0 Å². The van der Waals surface area contributed by atoms with Gasteiger partial charge < -0.3 is 15.2 Å².